The van der Waals surface area contributed by atoms with Gasteiger partial charge in [0.2, 0.25) is 0 Å². The van der Waals surface area contributed by atoms with Gasteiger partial charge in [0.25, 0.3) is 0 Å². The molecule has 1 aromatic carbocycles. The number of nitrogens with two attached hydrogens (primary N) is 1. The van der Waals surface area contributed by atoms with Crippen LogP contribution in [-0.4, -0.2) is 11.1 Å². The summed E-state index contributed by atoms with van der Waals surface area (Å²) in [4.78, 5) is 10.5. The Balaban J connectivity index is 3.23. The van der Waals surface area contributed by atoms with E-state index in [9.17, 15) is 18.0 Å². The number of halogens is 4. The molecule has 0 spiro atoms. The SMILES string of the molecule is N[C@H](C(=O)O)c1ccc(I)c(C(F)(F)F)c1. The third kappa shape index (κ3) is 2.85. The van der Waals surface area contributed by atoms with E-state index < -0.39 is 23.8 Å². The second kappa shape index (κ2) is 4.58. The smallest absolute Gasteiger partial charge is 0.417 e. The van der Waals surface area contributed by atoms with E-state index in [1.807, 2.05) is 0 Å². The van der Waals surface area contributed by atoms with Crippen LogP contribution in [0.5, 0.6) is 0 Å². The number of alkyl halides is 3. The summed E-state index contributed by atoms with van der Waals surface area (Å²) in [6.45, 7) is 0. The van der Waals surface area contributed by atoms with Crippen LogP contribution in [0.2, 0.25) is 0 Å². The lowest BCUT2D eigenvalue weighted by Gasteiger charge is -2.13. The average Bonchev–Trinajstić information content (AvgIpc) is 2.15. The zero-order valence-corrected chi connectivity index (χ0v) is 9.91. The van der Waals surface area contributed by atoms with Gasteiger partial charge in [-0.25, -0.2) is 0 Å². The van der Waals surface area contributed by atoms with Crippen LogP contribution in [0.3, 0.4) is 0 Å². The Kier molecular flexibility index (Phi) is 3.79. The molecule has 1 rings (SSSR count). The van der Waals surface area contributed by atoms with Crippen molar-refractivity contribution in [1.82, 2.24) is 0 Å². The monoisotopic (exact) mass is 345 g/mol. The van der Waals surface area contributed by atoms with Gasteiger partial charge in [0.05, 0.1) is 5.56 Å². The fraction of sp³-hybridized carbons (Fsp3) is 0.222. The van der Waals surface area contributed by atoms with Crippen LogP contribution in [0.25, 0.3) is 0 Å². The summed E-state index contributed by atoms with van der Waals surface area (Å²) in [6.07, 6.45) is -4.51. The summed E-state index contributed by atoms with van der Waals surface area (Å²) in [5.74, 6) is -1.37. The summed E-state index contributed by atoms with van der Waals surface area (Å²) in [5, 5.41) is 8.59. The molecular formula is C9H7F3INO2. The van der Waals surface area contributed by atoms with Gasteiger partial charge < -0.3 is 10.8 Å². The molecule has 3 nitrogen and oxygen atoms in total. The van der Waals surface area contributed by atoms with E-state index in [1.54, 1.807) is 0 Å². The van der Waals surface area contributed by atoms with Crippen molar-refractivity contribution >= 4 is 28.6 Å². The van der Waals surface area contributed by atoms with Crippen molar-refractivity contribution in [3.63, 3.8) is 0 Å². The number of carboxylic acids is 1. The molecule has 0 aliphatic carbocycles. The largest absolute Gasteiger partial charge is 0.480 e. The van der Waals surface area contributed by atoms with Crippen LogP contribution in [0, 0.1) is 3.57 Å². The summed E-state index contributed by atoms with van der Waals surface area (Å²) in [5.41, 5.74) is 4.29. The Hall–Kier alpha value is -0.830. The highest BCUT2D eigenvalue weighted by Gasteiger charge is 2.33. The molecule has 7 heteroatoms. The molecule has 0 saturated heterocycles. The Morgan fingerprint density at radius 2 is 2.00 bits per heavy atom. The lowest BCUT2D eigenvalue weighted by molar-refractivity contribution is -0.140. The van der Waals surface area contributed by atoms with E-state index in [-0.39, 0.29) is 9.13 Å². The van der Waals surface area contributed by atoms with Crippen molar-refractivity contribution in [1.29, 1.82) is 0 Å². The Bertz CT molecular complexity index is 420. The van der Waals surface area contributed by atoms with Crippen molar-refractivity contribution in [2.45, 2.75) is 12.2 Å². The van der Waals surface area contributed by atoms with Crippen LogP contribution in [-0.2, 0) is 11.0 Å². The quantitative estimate of drug-likeness (QED) is 0.810. The standard InChI is InChI=1S/C9H7F3INO2/c10-9(11,12)5-3-4(1-2-6(5)13)7(14)8(15)16/h1-3,7H,14H2,(H,15,16)/t7-/m0/s1. The van der Waals surface area contributed by atoms with E-state index >= 15 is 0 Å². The van der Waals surface area contributed by atoms with Crippen LogP contribution in [0.1, 0.15) is 17.2 Å². The normalized spacial score (nSPS) is 13.6. The third-order valence-electron chi connectivity index (χ3n) is 1.92. The minimum Gasteiger partial charge on any atom is -0.480 e. The number of hydrogen-bond acceptors (Lipinski definition) is 2. The van der Waals surface area contributed by atoms with E-state index in [4.69, 9.17) is 10.8 Å². The summed E-state index contributed by atoms with van der Waals surface area (Å²) in [6, 6.07) is 1.79. The highest BCUT2D eigenvalue weighted by molar-refractivity contribution is 14.1. The molecule has 0 unspecified atom stereocenters. The molecule has 0 heterocycles. The molecular weight excluding hydrogens is 338 g/mol. The maximum Gasteiger partial charge on any atom is 0.417 e. The summed E-state index contributed by atoms with van der Waals surface area (Å²) in [7, 11) is 0. The van der Waals surface area contributed by atoms with Crippen LogP contribution < -0.4 is 5.73 Å². The maximum atomic E-state index is 12.5. The van der Waals surface area contributed by atoms with Crippen molar-refractivity contribution in [3.8, 4) is 0 Å². The van der Waals surface area contributed by atoms with E-state index in [0.717, 1.165) is 6.07 Å². The molecule has 3 N–H and O–H groups in total. The minimum atomic E-state index is -4.51. The van der Waals surface area contributed by atoms with Gasteiger partial charge in [0, 0.05) is 3.57 Å². The number of benzene rings is 1. The zero-order valence-electron chi connectivity index (χ0n) is 7.75. The molecule has 88 valence electrons. The molecule has 1 atom stereocenters. The first-order chi connectivity index (χ1) is 7.23. The fourth-order valence-corrected chi connectivity index (χ4v) is 1.74. The first-order valence-electron chi connectivity index (χ1n) is 4.08. The number of carboxylic acid groups (broad SMARTS) is 1. The molecule has 0 amide bonds. The van der Waals surface area contributed by atoms with E-state index in [0.29, 0.717) is 0 Å². The first-order valence-corrected chi connectivity index (χ1v) is 5.16. The second-order valence-corrected chi connectivity index (χ2v) is 4.22. The van der Waals surface area contributed by atoms with Crippen molar-refractivity contribution < 1.29 is 23.1 Å². The summed E-state index contributed by atoms with van der Waals surface area (Å²) >= 11 is 1.53. The van der Waals surface area contributed by atoms with Gasteiger partial charge in [-0.3, -0.25) is 4.79 Å². The van der Waals surface area contributed by atoms with Gasteiger partial charge in [-0.1, -0.05) is 6.07 Å². The van der Waals surface area contributed by atoms with Gasteiger partial charge in [0.15, 0.2) is 0 Å². The second-order valence-electron chi connectivity index (χ2n) is 3.05. The zero-order chi connectivity index (χ0) is 12.5. The fourth-order valence-electron chi connectivity index (χ4n) is 1.10. The van der Waals surface area contributed by atoms with Crippen molar-refractivity contribution in [2.24, 2.45) is 5.73 Å². The molecule has 0 aliphatic rings. The van der Waals surface area contributed by atoms with Crippen molar-refractivity contribution in [2.75, 3.05) is 0 Å². The van der Waals surface area contributed by atoms with Crippen LogP contribution in [0.15, 0.2) is 18.2 Å². The number of rotatable bonds is 2. The molecule has 0 aliphatic heterocycles. The van der Waals surface area contributed by atoms with Gasteiger partial charge >= 0.3 is 12.1 Å². The van der Waals surface area contributed by atoms with Gasteiger partial charge in [-0.15, -0.1) is 0 Å². The topological polar surface area (TPSA) is 63.3 Å². The minimum absolute atomic E-state index is 0.00596. The number of aliphatic carboxylic acids is 1. The predicted octanol–water partition coefficient (Wildman–Crippen LogP) is 2.39. The van der Waals surface area contributed by atoms with E-state index in [2.05, 4.69) is 0 Å². The van der Waals surface area contributed by atoms with Gasteiger partial charge in [-0.05, 0) is 40.3 Å². The molecule has 16 heavy (non-hydrogen) atoms. The molecule has 0 radical (unpaired) electrons. The Morgan fingerprint density at radius 3 is 2.44 bits per heavy atom. The highest BCUT2D eigenvalue weighted by atomic mass is 127. The predicted molar refractivity (Wildman–Crippen MR) is 58.7 cm³/mol. The number of hydrogen-bond donors (Lipinski definition) is 2. The molecule has 0 fully saturated rings. The lowest BCUT2D eigenvalue weighted by Crippen LogP contribution is -2.21. The first kappa shape index (κ1) is 13.2. The van der Waals surface area contributed by atoms with Crippen molar-refractivity contribution in [3.05, 3.63) is 32.9 Å². The maximum absolute atomic E-state index is 12.5. The van der Waals surface area contributed by atoms with Crippen LogP contribution in [0.4, 0.5) is 13.2 Å². The lowest BCUT2D eigenvalue weighted by atomic mass is 10.0. The van der Waals surface area contributed by atoms with Gasteiger partial charge in [-0.2, -0.15) is 13.2 Å². The average molecular weight is 345 g/mol. The van der Waals surface area contributed by atoms with Gasteiger partial charge in [0.1, 0.15) is 6.04 Å². The summed E-state index contributed by atoms with van der Waals surface area (Å²) < 4.78 is 37.5. The Morgan fingerprint density at radius 1 is 1.44 bits per heavy atom. The van der Waals surface area contributed by atoms with E-state index in [1.165, 1.54) is 34.7 Å². The molecule has 0 saturated carbocycles. The van der Waals surface area contributed by atoms with Crippen LogP contribution >= 0.6 is 22.6 Å². The molecule has 0 aromatic heterocycles. The third-order valence-corrected chi connectivity index (χ3v) is 2.86. The molecule has 0 bridgehead atoms. The molecule has 1 aromatic rings. The highest BCUT2D eigenvalue weighted by Crippen LogP contribution is 2.34. The Labute approximate surface area is 103 Å². The number of carbonyl (C=O) groups is 1.